The smallest absolute Gasteiger partial charge is 0.0674 e. The van der Waals surface area contributed by atoms with Crippen LogP contribution < -0.4 is 0 Å². The molecule has 2 rings (SSSR count). The number of nitrogens with zero attached hydrogens (tertiary/aromatic N) is 2. The van der Waals surface area contributed by atoms with E-state index in [0.29, 0.717) is 0 Å². The van der Waals surface area contributed by atoms with Gasteiger partial charge < -0.3 is 0 Å². The molecule has 1 atom stereocenters. The van der Waals surface area contributed by atoms with Crippen molar-refractivity contribution in [2.45, 2.75) is 52.0 Å². The van der Waals surface area contributed by atoms with Crippen LogP contribution in [0.1, 0.15) is 46.0 Å². The fourth-order valence-corrected chi connectivity index (χ4v) is 3.00. The number of nitriles is 1. The van der Waals surface area contributed by atoms with E-state index in [1.807, 2.05) is 0 Å². The molecule has 2 fully saturated rings. The highest BCUT2D eigenvalue weighted by Crippen LogP contribution is 2.37. The van der Waals surface area contributed by atoms with Crippen molar-refractivity contribution in [3.63, 3.8) is 0 Å². The molecule has 0 aromatic rings. The number of rotatable bonds is 1. The molecule has 2 nitrogen and oxygen atoms in total. The Morgan fingerprint density at radius 3 is 2.53 bits per heavy atom. The second-order valence-corrected chi connectivity index (χ2v) is 5.85. The first kappa shape index (κ1) is 11.0. The molecule has 0 amide bonds. The van der Waals surface area contributed by atoms with Gasteiger partial charge in [0.15, 0.2) is 0 Å². The van der Waals surface area contributed by atoms with Crippen LogP contribution in [0.5, 0.6) is 0 Å². The van der Waals surface area contributed by atoms with Gasteiger partial charge in [0.1, 0.15) is 0 Å². The first-order chi connectivity index (χ1) is 7.13. The molecule has 1 unspecified atom stereocenters. The lowest BCUT2D eigenvalue weighted by molar-refractivity contribution is 0.0614. The van der Waals surface area contributed by atoms with Crippen molar-refractivity contribution in [2.75, 3.05) is 13.1 Å². The van der Waals surface area contributed by atoms with Gasteiger partial charge in [0.25, 0.3) is 0 Å². The Morgan fingerprint density at radius 2 is 1.93 bits per heavy atom. The van der Waals surface area contributed by atoms with E-state index < -0.39 is 0 Å². The highest BCUT2D eigenvalue weighted by atomic mass is 15.2. The van der Waals surface area contributed by atoms with Gasteiger partial charge in [-0.25, -0.2) is 0 Å². The first-order valence-corrected chi connectivity index (χ1v) is 6.27. The summed E-state index contributed by atoms with van der Waals surface area (Å²) in [4.78, 5) is 2.58. The Kier molecular flexibility index (Phi) is 3.02. The summed E-state index contributed by atoms with van der Waals surface area (Å²) in [6, 6.07) is 3.29. The maximum absolute atomic E-state index is 9.21. The van der Waals surface area contributed by atoms with Crippen molar-refractivity contribution in [2.24, 2.45) is 11.3 Å². The van der Waals surface area contributed by atoms with Crippen LogP contribution in [-0.4, -0.2) is 24.0 Å². The number of hydrogen-bond donors (Lipinski definition) is 0. The third-order valence-electron chi connectivity index (χ3n) is 4.40. The van der Waals surface area contributed by atoms with E-state index >= 15 is 0 Å². The van der Waals surface area contributed by atoms with E-state index in [1.165, 1.54) is 38.6 Å². The zero-order valence-corrected chi connectivity index (χ0v) is 10.00. The van der Waals surface area contributed by atoms with Crippen LogP contribution in [0.2, 0.25) is 0 Å². The maximum Gasteiger partial charge on any atom is 0.0674 e. The van der Waals surface area contributed by atoms with Gasteiger partial charge >= 0.3 is 0 Å². The lowest BCUT2D eigenvalue weighted by Gasteiger charge is -2.43. The normalized spacial score (nSPS) is 32.7. The van der Waals surface area contributed by atoms with Gasteiger partial charge in [0.2, 0.25) is 0 Å². The van der Waals surface area contributed by atoms with E-state index in [-0.39, 0.29) is 11.3 Å². The second-order valence-electron chi connectivity index (χ2n) is 5.85. The summed E-state index contributed by atoms with van der Waals surface area (Å²) in [5.74, 6) is 0.229. The molecule has 1 aliphatic carbocycles. The molecule has 0 aromatic heterocycles. The molecule has 0 aromatic carbocycles. The summed E-state index contributed by atoms with van der Waals surface area (Å²) in [5.41, 5.74) is 0.226. The molecular formula is C13H22N2. The van der Waals surface area contributed by atoms with Crippen molar-refractivity contribution in [1.82, 2.24) is 4.90 Å². The van der Waals surface area contributed by atoms with Crippen molar-refractivity contribution >= 4 is 0 Å². The van der Waals surface area contributed by atoms with E-state index in [1.54, 1.807) is 0 Å². The van der Waals surface area contributed by atoms with Crippen molar-refractivity contribution in [3.8, 4) is 6.07 Å². The van der Waals surface area contributed by atoms with Crippen LogP contribution in [0, 0.1) is 22.7 Å². The van der Waals surface area contributed by atoms with Crippen molar-refractivity contribution in [1.29, 1.82) is 5.26 Å². The van der Waals surface area contributed by atoms with Gasteiger partial charge in [-0.1, -0.05) is 26.7 Å². The van der Waals surface area contributed by atoms with E-state index in [4.69, 9.17) is 0 Å². The zero-order chi connectivity index (χ0) is 10.9. The molecule has 0 bridgehead atoms. The Labute approximate surface area is 93.3 Å². The lowest BCUT2D eigenvalue weighted by atomic mass is 9.74. The topological polar surface area (TPSA) is 27.0 Å². The second kappa shape index (κ2) is 4.14. The monoisotopic (exact) mass is 206 g/mol. The van der Waals surface area contributed by atoms with E-state index in [2.05, 4.69) is 24.8 Å². The molecule has 0 spiro atoms. The largest absolute Gasteiger partial charge is 0.299 e. The summed E-state index contributed by atoms with van der Waals surface area (Å²) in [5, 5.41) is 9.21. The number of hydrogen-bond acceptors (Lipinski definition) is 2. The molecule has 1 saturated heterocycles. The van der Waals surface area contributed by atoms with E-state index in [9.17, 15) is 5.26 Å². The molecule has 1 saturated carbocycles. The average molecular weight is 206 g/mol. The number of piperidine rings is 1. The van der Waals surface area contributed by atoms with Gasteiger partial charge in [-0.3, -0.25) is 4.90 Å². The van der Waals surface area contributed by atoms with Gasteiger partial charge in [-0.05, 0) is 31.2 Å². The van der Waals surface area contributed by atoms with Gasteiger partial charge in [-0.2, -0.15) is 5.26 Å². The van der Waals surface area contributed by atoms with Crippen LogP contribution in [0.25, 0.3) is 0 Å². The Morgan fingerprint density at radius 1 is 1.27 bits per heavy atom. The van der Waals surface area contributed by atoms with E-state index in [0.717, 1.165) is 12.6 Å². The molecule has 1 heterocycles. The fraction of sp³-hybridized carbons (Fsp3) is 0.923. The van der Waals surface area contributed by atoms with Crippen LogP contribution in [0.3, 0.4) is 0 Å². The fourth-order valence-electron chi connectivity index (χ4n) is 3.00. The number of likely N-dealkylation sites (tertiary alicyclic amines) is 1. The standard InChI is InChI=1S/C13H22N2/c1-13(2)7-8-15(10-11(13)9-14)12-5-3-4-6-12/h11-12H,3-8,10H2,1-2H3. The SMILES string of the molecule is CC1(C)CCN(C2CCCC2)CC1C#N. The Balaban J connectivity index is 1.99. The van der Waals surface area contributed by atoms with Crippen LogP contribution >= 0.6 is 0 Å². The first-order valence-electron chi connectivity index (χ1n) is 6.27. The van der Waals surface area contributed by atoms with Crippen LogP contribution in [-0.2, 0) is 0 Å². The summed E-state index contributed by atoms with van der Waals surface area (Å²) in [7, 11) is 0. The summed E-state index contributed by atoms with van der Waals surface area (Å²) >= 11 is 0. The molecule has 1 aliphatic heterocycles. The summed E-state index contributed by atoms with van der Waals surface area (Å²) < 4.78 is 0. The predicted octanol–water partition coefficient (Wildman–Crippen LogP) is 2.80. The van der Waals surface area contributed by atoms with Crippen LogP contribution in [0.15, 0.2) is 0 Å². The van der Waals surface area contributed by atoms with Gasteiger partial charge in [-0.15, -0.1) is 0 Å². The molecule has 2 aliphatic rings. The molecule has 0 N–H and O–H groups in total. The minimum Gasteiger partial charge on any atom is -0.299 e. The van der Waals surface area contributed by atoms with Crippen LogP contribution in [0.4, 0.5) is 0 Å². The molecular weight excluding hydrogens is 184 g/mol. The Hall–Kier alpha value is -0.550. The van der Waals surface area contributed by atoms with Gasteiger partial charge in [0, 0.05) is 12.6 Å². The lowest BCUT2D eigenvalue weighted by Crippen LogP contribution is -2.47. The maximum atomic E-state index is 9.21. The third-order valence-corrected chi connectivity index (χ3v) is 4.40. The minimum atomic E-state index is 0.226. The highest BCUT2D eigenvalue weighted by Gasteiger charge is 2.38. The zero-order valence-electron chi connectivity index (χ0n) is 10.00. The van der Waals surface area contributed by atoms with Crippen molar-refractivity contribution in [3.05, 3.63) is 0 Å². The van der Waals surface area contributed by atoms with Crippen molar-refractivity contribution < 1.29 is 0 Å². The predicted molar refractivity (Wildman–Crippen MR) is 61.3 cm³/mol. The third kappa shape index (κ3) is 2.18. The minimum absolute atomic E-state index is 0.226. The van der Waals surface area contributed by atoms with Gasteiger partial charge in [0.05, 0.1) is 12.0 Å². The molecule has 0 radical (unpaired) electrons. The molecule has 15 heavy (non-hydrogen) atoms. The average Bonchev–Trinajstić information content (AvgIpc) is 2.70. The summed E-state index contributed by atoms with van der Waals surface area (Å²) in [6.45, 7) is 6.70. The summed E-state index contributed by atoms with van der Waals surface area (Å²) in [6.07, 6.45) is 6.68. The Bertz CT molecular complexity index is 258. The quantitative estimate of drug-likeness (QED) is 0.659. The molecule has 2 heteroatoms. The highest BCUT2D eigenvalue weighted by molar-refractivity contribution is 5.00. The molecule has 84 valence electrons.